The number of nitrogens with one attached hydrogen (secondary N) is 1. The SMILES string of the molecule is CCOC(=O)c1ccc(NC(=O)N2CCSC2c2ccc(F)cc2)cc1. The second-order valence-electron chi connectivity index (χ2n) is 5.70. The van der Waals surface area contributed by atoms with E-state index in [1.54, 1.807) is 60.0 Å². The molecular formula is C19H19FN2O3S. The van der Waals surface area contributed by atoms with Crippen molar-refractivity contribution in [2.24, 2.45) is 0 Å². The van der Waals surface area contributed by atoms with E-state index in [0.29, 0.717) is 24.4 Å². The van der Waals surface area contributed by atoms with E-state index in [0.717, 1.165) is 11.3 Å². The summed E-state index contributed by atoms with van der Waals surface area (Å²) in [4.78, 5) is 26.0. The van der Waals surface area contributed by atoms with Crippen molar-refractivity contribution in [3.63, 3.8) is 0 Å². The van der Waals surface area contributed by atoms with E-state index >= 15 is 0 Å². The molecule has 1 saturated heterocycles. The van der Waals surface area contributed by atoms with E-state index in [4.69, 9.17) is 4.74 Å². The predicted molar refractivity (Wildman–Crippen MR) is 99.7 cm³/mol. The predicted octanol–water partition coefficient (Wildman–Crippen LogP) is 4.28. The van der Waals surface area contributed by atoms with Gasteiger partial charge in [-0.25, -0.2) is 14.0 Å². The summed E-state index contributed by atoms with van der Waals surface area (Å²) >= 11 is 1.64. The molecule has 1 aliphatic rings. The van der Waals surface area contributed by atoms with Crippen LogP contribution >= 0.6 is 11.8 Å². The lowest BCUT2D eigenvalue weighted by molar-refractivity contribution is 0.0526. The summed E-state index contributed by atoms with van der Waals surface area (Å²) in [5, 5.41) is 2.70. The average Bonchev–Trinajstić information content (AvgIpc) is 3.13. The van der Waals surface area contributed by atoms with Crippen molar-refractivity contribution in [3.05, 3.63) is 65.5 Å². The van der Waals surface area contributed by atoms with Gasteiger partial charge in [0, 0.05) is 18.0 Å². The van der Waals surface area contributed by atoms with Crippen molar-refractivity contribution in [2.75, 3.05) is 24.2 Å². The van der Waals surface area contributed by atoms with E-state index in [9.17, 15) is 14.0 Å². The van der Waals surface area contributed by atoms with Crippen molar-refractivity contribution in [1.82, 2.24) is 4.90 Å². The third-order valence-corrected chi connectivity index (χ3v) is 5.21. The lowest BCUT2D eigenvalue weighted by atomic mass is 10.2. The van der Waals surface area contributed by atoms with Gasteiger partial charge < -0.3 is 15.0 Å². The molecule has 1 fully saturated rings. The zero-order valence-corrected chi connectivity index (χ0v) is 15.1. The Morgan fingerprint density at radius 1 is 1.19 bits per heavy atom. The van der Waals surface area contributed by atoms with Gasteiger partial charge in [0.05, 0.1) is 12.2 Å². The highest BCUT2D eigenvalue weighted by Crippen LogP contribution is 2.38. The van der Waals surface area contributed by atoms with Crippen molar-refractivity contribution >= 4 is 29.4 Å². The number of rotatable bonds is 4. The Labute approximate surface area is 155 Å². The summed E-state index contributed by atoms with van der Waals surface area (Å²) in [6.07, 6.45) is 0. The van der Waals surface area contributed by atoms with Crippen LogP contribution < -0.4 is 5.32 Å². The van der Waals surface area contributed by atoms with E-state index in [1.807, 2.05) is 0 Å². The van der Waals surface area contributed by atoms with Crippen LogP contribution in [0.3, 0.4) is 0 Å². The molecule has 1 unspecified atom stereocenters. The Hall–Kier alpha value is -2.54. The van der Waals surface area contributed by atoms with Gasteiger partial charge in [0.2, 0.25) is 0 Å². The molecule has 2 amide bonds. The summed E-state index contributed by atoms with van der Waals surface area (Å²) in [6.45, 7) is 2.67. The quantitative estimate of drug-likeness (QED) is 0.812. The number of amides is 2. The summed E-state index contributed by atoms with van der Waals surface area (Å²) in [6, 6.07) is 12.5. The molecule has 5 nitrogen and oxygen atoms in total. The summed E-state index contributed by atoms with van der Waals surface area (Å²) < 4.78 is 18.1. The Balaban J connectivity index is 1.67. The molecule has 1 aliphatic heterocycles. The number of carbonyl (C=O) groups is 2. The van der Waals surface area contributed by atoms with E-state index in [2.05, 4.69) is 5.32 Å². The lowest BCUT2D eigenvalue weighted by Crippen LogP contribution is -2.34. The maximum absolute atomic E-state index is 13.1. The maximum Gasteiger partial charge on any atom is 0.338 e. The Bertz CT molecular complexity index is 780. The molecule has 1 N–H and O–H groups in total. The molecule has 1 atom stereocenters. The van der Waals surface area contributed by atoms with Gasteiger partial charge in [0.25, 0.3) is 0 Å². The minimum Gasteiger partial charge on any atom is -0.462 e. The van der Waals surface area contributed by atoms with Gasteiger partial charge in [-0.3, -0.25) is 0 Å². The minimum absolute atomic E-state index is 0.144. The number of esters is 1. The van der Waals surface area contributed by atoms with E-state index in [1.165, 1.54) is 12.1 Å². The first-order valence-corrected chi connectivity index (χ1v) is 9.35. The first kappa shape index (κ1) is 18.3. The first-order chi connectivity index (χ1) is 12.6. The molecule has 7 heteroatoms. The van der Waals surface area contributed by atoms with Crippen molar-refractivity contribution in [1.29, 1.82) is 0 Å². The van der Waals surface area contributed by atoms with Gasteiger partial charge in [0.1, 0.15) is 11.2 Å². The maximum atomic E-state index is 13.1. The molecule has 3 rings (SSSR count). The van der Waals surface area contributed by atoms with Crippen LogP contribution in [0.4, 0.5) is 14.9 Å². The number of ether oxygens (including phenoxy) is 1. The molecule has 0 saturated carbocycles. The minimum atomic E-state index is -0.391. The molecule has 0 bridgehead atoms. The molecule has 26 heavy (non-hydrogen) atoms. The second-order valence-corrected chi connectivity index (χ2v) is 6.88. The summed E-state index contributed by atoms with van der Waals surface area (Å²) in [7, 11) is 0. The zero-order valence-electron chi connectivity index (χ0n) is 14.3. The molecule has 1 heterocycles. The fourth-order valence-electron chi connectivity index (χ4n) is 2.68. The topological polar surface area (TPSA) is 58.6 Å². The molecule has 0 aliphatic carbocycles. The Morgan fingerprint density at radius 2 is 1.88 bits per heavy atom. The molecule has 2 aromatic rings. The number of hydrogen-bond acceptors (Lipinski definition) is 4. The number of benzene rings is 2. The highest BCUT2D eigenvalue weighted by molar-refractivity contribution is 7.99. The Kier molecular flexibility index (Phi) is 5.78. The second kappa shape index (κ2) is 8.23. The highest BCUT2D eigenvalue weighted by atomic mass is 32.2. The van der Waals surface area contributed by atoms with Crippen LogP contribution in [0, 0.1) is 5.82 Å². The molecule has 2 aromatic carbocycles. The van der Waals surface area contributed by atoms with Gasteiger partial charge in [0.15, 0.2) is 0 Å². The number of carbonyl (C=O) groups excluding carboxylic acids is 2. The number of nitrogens with zero attached hydrogens (tertiary/aromatic N) is 1. The van der Waals surface area contributed by atoms with Crippen LogP contribution in [0.1, 0.15) is 28.2 Å². The average molecular weight is 374 g/mol. The van der Waals surface area contributed by atoms with Gasteiger partial charge in [-0.15, -0.1) is 11.8 Å². The van der Waals surface area contributed by atoms with Gasteiger partial charge in [-0.05, 0) is 48.9 Å². The van der Waals surface area contributed by atoms with Crippen LogP contribution in [0.5, 0.6) is 0 Å². The van der Waals surface area contributed by atoms with Gasteiger partial charge >= 0.3 is 12.0 Å². The lowest BCUT2D eigenvalue weighted by Gasteiger charge is -2.24. The monoisotopic (exact) mass is 374 g/mol. The number of anilines is 1. The van der Waals surface area contributed by atoms with E-state index in [-0.39, 0.29) is 17.2 Å². The van der Waals surface area contributed by atoms with Gasteiger partial charge in [-0.1, -0.05) is 12.1 Å². The third-order valence-electron chi connectivity index (χ3n) is 3.95. The van der Waals surface area contributed by atoms with Gasteiger partial charge in [-0.2, -0.15) is 0 Å². The van der Waals surface area contributed by atoms with Crippen LogP contribution in [-0.2, 0) is 4.74 Å². The highest BCUT2D eigenvalue weighted by Gasteiger charge is 2.30. The number of hydrogen-bond donors (Lipinski definition) is 1. The molecule has 0 aromatic heterocycles. The zero-order chi connectivity index (χ0) is 18.5. The van der Waals surface area contributed by atoms with Crippen molar-refractivity contribution < 1.29 is 18.7 Å². The van der Waals surface area contributed by atoms with Crippen LogP contribution in [0.15, 0.2) is 48.5 Å². The number of halogens is 1. The van der Waals surface area contributed by atoms with Crippen LogP contribution in [-0.4, -0.2) is 35.8 Å². The standard InChI is InChI=1S/C19H19FN2O3S/c1-2-25-18(23)14-5-9-16(10-6-14)21-19(24)22-11-12-26-17(22)13-3-7-15(20)8-4-13/h3-10,17H,2,11-12H2,1H3,(H,21,24). The van der Waals surface area contributed by atoms with Crippen LogP contribution in [0.25, 0.3) is 0 Å². The fourth-order valence-corrected chi connectivity index (χ4v) is 3.94. The molecule has 0 spiro atoms. The van der Waals surface area contributed by atoms with Crippen molar-refractivity contribution in [2.45, 2.75) is 12.3 Å². The summed E-state index contributed by atoms with van der Waals surface area (Å²) in [5.74, 6) is 0.129. The largest absolute Gasteiger partial charge is 0.462 e. The first-order valence-electron chi connectivity index (χ1n) is 8.30. The third kappa shape index (κ3) is 4.16. The fraction of sp³-hybridized carbons (Fsp3) is 0.263. The van der Waals surface area contributed by atoms with E-state index < -0.39 is 5.97 Å². The molecular weight excluding hydrogens is 355 g/mol. The number of urea groups is 1. The summed E-state index contributed by atoms with van der Waals surface area (Å²) in [5.41, 5.74) is 1.92. The molecule has 136 valence electrons. The van der Waals surface area contributed by atoms with Crippen molar-refractivity contribution in [3.8, 4) is 0 Å². The Morgan fingerprint density at radius 3 is 2.54 bits per heavy atom. The normalized spacial score (nSPS) is 16.4. The molecule has 0 radical (unpaired) electrons. The smallest absolute Gasteiger partial charge is 0.338 e. The number of thioether (sulfide) groups is 1. The van der Waals surface area contributed by atoms with Crippen LogP contribution in [0.2, 0.25) is 0 Å².